The number of nitrogens with zero attached hydrogens (tertiary/aromatic N) is 4. The Labute approximate surface area is 455 Å². The Hall–Kier alpha value is -8.52. The molecule has 1 aromatic heterocycles. The van der Waals surface area contributed by atoms with Crippen LogP contribution in [0.5, 0.6) is 0 Å². The molecule has 2 atom stereocenters. The number of aromatic nitrogens is 1. The van der Waals surface area contributed by atoms with E-state index in [1.807, 2.05) is 62.9 Å². The molecule has 8 N–H and O–H groups in total. The third-order valence-electron chi connectivity index (χ3n) is 12.8. The van der Waals surface area contributed by atoms with Crippen molar-refractivity contribution in [2.75, 3.05) is 43.4 Å². The van der Waals surface area contributed by atoms with Crippen molar-refractivity contribution in [2.24, 2.45) is 16.6 Å². The highest BCUT2D eigenvalue weighted by Gasteiger charge is 2.25. The van der Waals surface area contributed by atoms with Crippen molar-refractivity contribution in [3.05, 3.63) is 137 Å². The zero-order valence-corrected chi connectivity index (χ0v) is 44.8. The quantitative estimate of drug-likeness (QED) is 0.0252. The van der Waals surface area contributed by atoms with E-state index in [2.05, 4.69) is 41.9 Å². The van der Waals surface area contributed by atoms with Crippen molar-refractivity contribution in [3.63, 3.8) is 0 Å². The van der Waals surface area contributed by atoms with Crippen molar-refractivity contribution < 1.29 is 43.1 Å². The largest absolute Gasteiger partial charge is 0.445 e. The number of nitrogens with one attached hydrogen (secondary N) is 6. The number of carbonyl (C=O) groups is 8. The number of fused-ring (bicyclic) bond motifs is 1. The van der Waals surface area contributed by atoms with Gasteiger partial charge < -0.3 is 47.3 Å². The van der Waals surface area contributed by atoms with Gasteiger partial charge in [-0.15, -0.1) is 0 Å². The van der Waals surface area contributed by atoms with Crippen LogP contribution in [0.25, 0.3) is 6.08 Å². The monoisotopic (exact) mass is 1070 g/mol. The number of imide groups is 1. The lowest BCUT2D eigenvalue weighted by Gasteiger charge is -2.23. The van der Waals surface area contributed by atoms with Crippen LogP contribution in [-0.4, -0.2) is 113 Å². The lowest BCUT2D eigenvalue weighted by atomic mass is 10.0. The number of hydrogen-bond donors (Lipinski definition) is 7. The number of anilines is 2. The van der Waals surface area contributed by atoms with Crippen molar-refractivity contribution in [1.82, 2.24) is 36.1 Å². The third-order valence-corrected chi connectivity index (χ3v) is 12.8. The first-order valence-corrected chi connectivity index (χ1v) is 26.5. The van der Waals surface area contributed by atoms with Gasteiger partial charge in [-0.3, -0.25) is 43.4 Å². The SMILES string of the molecule is CCCN(CCC)C(=O)C1=Cc2ccc(C(=O)Nc3cncc(CNC(=O)[C@H](Cc4ccccc4)NC(=O)OCc4ccc(NC(=O)CNCC(NC(=O)CCCCCN5C(=O)C=CC5=O)C(C)C)cc4)c3)cc2N=C(N)C1. The highest BCUT2D eigenvalue weighted by molar-refractivity contribution is 6.13. The van der Waals surface area contributed by atoms with Crippen LogP contribution >= 0.6 is 0 Å². The van der Waals surface area contributed by atoms with E-state index in [9.17, 15) is 38.4 Å². The molecule has 20 nitrogen and oxygen atoms in total. The summed E-state index contributed by atoms with van der Waals surface area (Å²) < 4.78 is 5.52. The van der Waals surface area contributed by atoms with Crippen molar-refractivity contribution in [3.8, 4) is 0 Å². The van der Waals surface area contributed by atoms with Crippen LogP contribution in [0.15, 0.2) is 114 Å². The molecular weight excluding hydrogens is 995 g/mol. The van der Waals surface area contributed by atoms with E-state index in [1.54, 1.807) is 60.8 Å². The van der Waals surface area contributed by atoms with Gasteiger partial charge in [0, 0.05) is 98.8 Å². The number of ether oxygens (including phenoxy) is 1. The van der Waals surface area contributed by atoms with E-state index in [0.717, 1.165) is 18.4 Å². The maximum Gasteiger partial charge on any atom is 0.408 e. The topological polar surface area (TPSA) is 276 Å². The summed E-state index contributed by atoms with van der Waals surface area (Å²) in [4.78, 5) is 114. The molecule has 78 heavy (non-hydrogen) atoms. The van der Waals surface area contributed by atoms with Gasteiger partial charge in [0.1, 0.15) is 18.5 Å². The number of amidine groups is 1. The summed E-state index contributed by atoms with van der Waals surface area (Å²) in [6, 6.07) is 21.4. The van der Waals surface area contributed by atoms with E-state index in [1.165, 1.54) is 23.2 Å². The minimum absolute atomic E-state index is 0.000553. The van der Waals surface area contributed by atoms with Gasteiger partial charge in [-0.1, -0.05) is 82.6 Å². The standard InChI is InChI=1S/C58H71N11O9/c1-5-24-68(25-6-2)57(76)44-29-42-18-19-43(30-47(42)65-50(59)31-44)55(74)64-46-27-41(32-60-34-46)33-62-56(75)48(28-39-13-9-7-10-14-39)67-58(77)78-37-40-16-20-45(21-17-40)63-52(71)36-61-35-49(38(3)4)66-51(70)15-11-8-12-26-69-53(72)22-23-54(69)73/h7,9-10,13-14,16-23,27,29-30,32,34,38,48-49,61H,5-6,8,11-12,15,24-26,28,31,33,35-37H2,1-4H3,(H2,59,65)(H,62,75)(H,63,71)(H,64,74)(H,66,70)(H,67,77)/t48-,49?/m0/s1. The van der Waals surface area contributed by atoms with Gasteiger partial charge >= 0.3 is 6.09 Å². The van der Waals surface area contributed by atoms with E-state index >= 15 is 0 Å². The number of amides is 8. The predicted octanol–water partition coefficient (Wildman–Crippen LogP) is 6.07. The number of hydrogen-bond acceptors (Lipinski definition) is 13. The first-order chi connectivity index (χ1) is 37.6. The normalized spacial score (nSPS) is 13.6. The number of unbranched alkanes of at least 4 members (excludes halogenated alkanes) is 2. The maximum absolute atomic E-state index is 13.7. The van der Waals surface area contributed by atoms with Gasteiger partial charge in [-0.25, -0.2) is 9.79 Å². The molecule has 3 aromatic carbocycles. The number of nitrogens with two attached hydrogens (primary N) is 1. The Kier molecular flexibility index (Phi) is 22.4. The molecular formula is C58H71N11O9. The van der Waals surface area contributed by atoms with Gasteiger partial charge in [-0.05, 0) is 84.7 Å². The molecule has 2 aliphatic rings. The molecule has 0 saturated carbocycles. The van der Waals surface area contributed by atoms with Gasteiger partial charge in [0.2, 0.25) is 23.6 Å². The number of aliphatic imine (C=N–C) groups is 1. The highest BCUT2D eigenvalue weighted by Crippen LogP contribution is 2.29. The zero-order chi connectivity index (χ0) is 56.0. The second kappa shape index (κ2) is 29.7. The number of carbonyl (C=O) groups excluding carboxylic acids is 8. The number of pyridine rings is 1. The first-order valence-electron chi connectivity index (χ1n) is 26.5. The van der Waals surface area contributed by atoms with E-state index in [-0.39, 0.29) is 79.9 Å². The summed E-state index contributed by atoms with van der Waals surface area (Å²) >= 11 is 0. The van der Waals surface area contributed by atoms with Crippen LogP contribution < -0.4 is 37.6 Å². The third kappa shape index (κ3) is 18.4. The Morgan fingerprint density at radius 3 is 2.22 bits per heavy atom. The number of benzene rings is 3. The van der Waals surface area contributed by atoms with Gasteiger partial charge in [0.25, 0.3) is 17.7 Å². The Bertz CT molecular complexity index is 2840. The summed E-state index contributed by atoms with van der Waals surface area (Å²) in [7, 11) is 0. The summed E-state index contributed by atoms with van der Waals surface area (Å²) in [6.45, 7) is 9.90. The Morgan fingerprint density at radius 1 is 0.782 bits per heavy atom. The molecule has 412 valence electrons. The fourth-order valence-corrected chi connectivity index (χ4v) is 8.63. The molecule has 8 amide bonds. The fourth-order valence-electron chi connectivity index (χ4n) is 8.63. The predicted molar refractivity (Wildman–Crippen MR) is 298 cm³/mol. The molecule has 0 fully saturated rings. The molecule has 0 aliphatic carbocycles. The molecule has 0 radical (unpaired) electrons. The lowest BCUT2D eigenvalue weighted by molar-refractivity contribution is -0.137. The maximum atomic E-state index is 13.7. The minimum atomic E-state index is -1.02. The van der Waals surface area contributed by atoms with Gasteiger partial charge in [0.05, 0.1) is 24.1 Å². The minimum Gasteiger partial charge on any atom is -0.445 e. The highest BCUT2D eigenvalue weighted by atomic mass is 16.5. The fraction of sp³-hybridized carbons (Fsp3) is 0.379. The van der Waals surface area contributed by atoms with Crippen molar-refractivity contribution >= 4 is 76.4 Å². The Balaban J connectivity index is 0.942. The van der Waals surface area contributed by atoms with Gasteiger partial charge in [0.15, 0.2) is 0 Å². The molecule has 20 heteroatoms. The molecule has 0 bridgehead atoms. The molecule has 4 aromatic rings. The van der Waals surface area contributed by atoms with Crippen LogP contribution in [-0.2, 0) is 53.1 Å². The van der Waals surface area contributed by atoms with E-state index in [4.69, 9.17) is 10.5 Å². The van der Waals surface area contributed by atoms with Crippen molar-refractivity contribution in [1.29, 1.82) is 0 Å². The van der Waals surface area contributed by atoms with Crippen LogP contribution in [0.2, 0.25) is 0 Å². The average molecular weight is 1070 g/mol. The molecule has 0 saturated heterocycles. The molecule has 0 spiro atoms. The molecule has 6 rings (SSSR count). The van der Waals surface area contributed by atoms with Crippen LogP contribution in [0.1, 0.15) is 105 Å². The Morgan fingerprint density at radius 2 is 1.51 bits per heavy atom. The summed E-state index contributed by atoms with van der Waals surface area (Å²) in [6.07, 6.45) is 10.8. The number of alkyl carbamates (subject to hydrolysis) is 1. The second-order valence-electron chi connectivity index (χ2n) is 19.5. The van der Waals surface area contributed by atoms with Gasteiger partial charge in [-0.2, -0.15) is 0 Å². The summed E-state index contributed by atoms with van der Waals surface area (Å²) in [5.41, 5.74) is 11.2. The molecule has 1 unspecified atom stereocenters. The summed E-state index contributed by atoms with van der Waals surface area (Å²) in [5.74, 6) is -1.65. The second-order valence-corrected chi connectivity index (χ2v) is 19.5. The zero-order valence-electron chi connectivity index (χ0n) is 44.8. The molecule has 3 heterocycles. The van der Waals surface area contributed by atoms with Crippen LogP contribution in [0.3, 0.4) is 0 Å². The average Bonchev–Trinajstić information content (AvgIpc) is 3.67. The first kappa shape index (κ1) is 58.7. The number of rotatable bonds is 28. The van der Waals surface area contributed by atoms with Crippen LogP contribution in [0, 0.1) is 5.92 Å². The van der Waals surface area contributed by atoms with E-state index in [0.29, 0.717) is 96.8 Å². The molecule has 2 aliphatic heterocycles. The van der Waals surface area contributed by atoms with Crippen molar-refractivity contribution in [2.45, 2.75) is 104 Å². The van der Waals surface area contributed by atoms with E-state index < -0.39 is 23.9 Å². The lowest BCUT2D eigenvalue weighted by Crippen LogP contribution is -2.48. The van der Waals surface area contributed by atoms with Crippen LogP contribution in [0.4, 0.5) is 21.9 Å². The smallest absolute Gasteiger partial charge is 0.408 e. The summed E-state index contributed by atoms with van der Waals surface area (Å²) in [5, 5.41) is 17.4.